The van der Waals surface area contributed by atoms with Crippen LogP contribution in [0.25, 0.3) is 0 Å². The van der Waals surface area contributed by atoms with E-state index in [1.54, 1.807) is 0 Å². The van der Waals surface area contributed by atoms with Gasteiger partial charge in [0.15, 0.2) is 0 Å². The van der Waals surface area contributed by atoms with Crippen molar-refractivity contribution in [2.45, 2.75) is 59.1 Å². The van der Waals surface area contributed by atoms with Crippen LogP contribution in [0.1, 0.15) is 43.9 Å². The maximum Gasteiger partial charge on any atom is 0.326 e. The van der Waals surface area contributed by atoms with Gasteiger partial charge in [-0.2, -0.15) is 0 Å². The number of esters is 1. The number of hydrogen-bond acceptors (Lipinski definition) is 3. The minimum Gasteiger partial charge on any atom is -0.462 e. The molecule has 0 aromatic carbocycles. The molecular formula is C13H20N2O2. The molecule has 0 unspecified atom stereocenters. The summed E-state index contributed by atoms with van der Waals surface area (Å²) in [4.78, 5) is 16.2. The lowest BCUT2D eigenvalue weighted by Crippen LogP contribution is -2.20. The molecule has 94 valence electrons. The number of imidazole rings is 1. The zero-order chi connectivity index (χ0) is 12.4. The van der Waals surface area contributed by atoms with E-state index >= 15 is 0 Å². The van der Waals surface area contributed by atoms with Crippen LogP contribution in [0.2, 0.25) is 0 Å². The van der Waals surface area contributed by atoms with E-state index in [-0.39, 0.29) is 12.1 Å². The summed E-state index contributed by atoms with van der Waals surface area (Å²) >= 11 is 0. The third-order valence-corrected chi connectivity index (χ3v) is 3.08. The largest absolute Gasteiger partial charge is 0.462 e. The summed E-state index contributed by atoms with van der Waals surface area (Å²) in [5.74, 6) is 0.756. The second-order valence-corrected chi connectivity index (χ2v) is 4.88. The van der Waals surface area contributed by atoms with E-state index in [0.29, 0.717) is 6.54 Å². The van der Waals surface area contributed by atoms with Crippen molar-refractivity contribution in [3.63, 3.8) is 0 Å². The highest BCUT2D eigenvalue weighted by Gasteiger charge is 2.20. The molecule has 0 aliphatic heterocycles. The lowest BCUT2D eigenvalue weighted by Gasteiger charge is -2.15. The molecule has 0 bridgehead atoms. The van der Waals surface area contributed by atoms with Crippen LogP contribution in [-0.4, -0.2) is 21.6 Å². The maximum atomic E-state index is 11.7. The first-order valence-electron chi connectivity index (χ1n) is 6.32. The smallest absolute Gasteiger partial charge is 0.326 e. The number of carbonyl (C=O) groups is 1. The molecule has 0 spiro atoms. The molecule has 1 aromatic heterocycles. The molecule has 1 heterocycles. The standard InChI is InChI=1S/C13H20N2O2/c1-9(2)17-13(16)8-15-10(3)14-11-6-4-5-7-12(11)15/h9H,4-8H2,1-3H3. The van der Waals surface area contributed by atoms with Gasteiger partial charge in [-0.1, -0.05) is 0 Å². The lowest BCUT2D eigenvalue weighted by atomic mass is 10.0. The fourth-order valence-electron chi connectivity index (χ4n) is 2.37. The Morgan fingerprint density at radius 1 is 1.41 bits per heavy atom. The average molecular weight is 236 g/mol. The molecule has 2 rings (SSSR count). The summed E-state index contributed by atoms with van der Waals surface area (Å²) < 4.78 is 7.20. The monoisotopic (exact) mass is 236 g/mol. The molecule has 0 saturated heterocycles. The van der Waals surface area contributed by atoms with Crippen molar-refractivity contribution in [3.8, 4) is 0 Å². The van der Waals surface area contributed by atoms with Crippen molar-refractivity contribution < 1.29 is 9.53 Å². The van der Waals surface area contributed by atoms with Crippen LogP contribution in [0.4, 0.5) is 0 Å². The van der Waals surface area contributed by atoms with E-state index < -0.39 is 0 Å². The normalized spacial score (nSPS) is 14.8. The van der Waals surface area contributed by atoms with Crippen LogP contribution in [0.15, 0.2) is 0 Å². The highest BCUT2D eigenvalue weighted by molar-refractivity contribution is 5.69. The summed E-state index contributed by atoms with van der Waals surface area (Å²) in [5.41, 5.74) is 2.40. The summed E-state index contributed by atoms with van der Waals surface area (Å²) in [6.07, 6.45) is 4.42. The van der Waals surface area contributed by atoms with Crippen LogP contribution in [0.5, 0.6) is 0 Å². The van der Waals surface area contributed by atoms with Gasteiger partial charge in [-0.05, 0) is 46.5 Å². The third kappa shape index (κ3) is 2.68. The summed E-state index contributed by atoms with van der Waals surface area (Å²) in [7, 11) is 0. The Hall–Kier alpha value is -1.32. The first kappa shape index (κ1) is 12.1. The van der Waals surface area contributed by atoms with Gasteiger partial charge in [0.25, 0.3) is 0 Å². The number of fused-ring (bicyclic) bond motifs is 1. The summed E-state index contributed by atoms with van der Waals surface area (Å²) in [6, 6.07) is 0. The van der Waals surface area contributed by atoms with E-state index in [1.807, 2.05) is 25.3 Å². The number of carbonyl (C=O) groups excluding carboxylic acids is 1. The Labute approximate surface area is 102 Å². The van der Waals surface area contributed by atoms with Gasteiger partial charge in [0.05, 0.1) is 11.8 Å². The molecule has 1 aromatic rings. The van der Waals surface area contributed by atoms with Crippen molar-refractivity contribution in [3.05, 3.63) is 17.2 Å². The fourth-order valence-corrected chi connectivity index (χ4v) is 2.37. The highest BCUT2D eigenvalue weighted by atomic mass is 16.5. The van der Waals surface area contributed by atoms with E-state index in [4.69, 9.17) is 4.74 Å². The van der Waals surface area contributed by atoms with Crippen LogP contribution < -0.4 is 0 Å². The van der Waals surface area contributed by atoms with E-state index in [2.05, 4.69) is 4.98 Å². The number of rotatable bonds is 3. The number of ether oxygens (including phenoxy) is 1. The van der Waals surface area contributed by atoms with Gasteiger partial charge < -0.3 is 9.30 Å². The van der Waals surface area contributed by atoms with Gasteiger partial charge in [0.1, 0.15) is 12.4 Å². The first-order valence-corrected chi connectivity index (χ1v) is 6.32. The quantitative estimate of drug-likeness (QED) is 0.754. The van der Waals surface area contributed by atoms with Gasteiger partial charge >= 0.3 is 5.97 Å². The molecule has 1 aliphatic carbocycles. The molecule has 0 fully saturated rings. The second kappa shape index (κ2) is 4.90. The predicted octanol–water partition coefficient (Wildman–Crippen LogP) is 2.02. The SMILES string of the molecule is Cc1nc2c(n1CC(=O)OC(C)C)CCCC2. The molecule has 0 radical (unpaired) electrons. The van der Waals surface area contributed by atoms with Gasteiger partial charge in [-0.3, -0.25) is 4.79 Å². The van der Waals surface area contributed by atoms with Crippen LogP contribution in [0, 0.1) is 6.92 Å². The second-order valence-electron chi connectivity index (χ2n) is 4.88. The molecule has 0 amide bonds. The zero-order valence-electron chi connectivity index (χ0n) is 10.8. The number of aromatic nitrogens is 2. The Bertz CT molecular complexity index is 421. The number of aryl methyl sites for hydroxylation is 2. The average Bonchev–Trinajstić information content (AvgIpc) is 2.55. The topological polar surface area (TPSA) is 44.1 Å². The fraction of sp³-hybridized carbons (Fsp3) is 0.692. The summed E-state index contributed by atoms with van der Waals surface area (Å²) in [5, 5.41) is 0. The van der Waals surface area contributed by atoms with Gasteiger partial charge in [0, 0.05) is 5.69 Å². The molecule has 4 heteroatoms. The van der Waals surface area contributed by atoms with Crippen LogP contribution in [0.3, 0.4) is 0 Å². The zero-order valence-corrected chi connectivity index (χ0v) is 10.8. The molecule has 0 saturated carbocycles. The number of nitrogens with zero attached hydrogens (tertiary/aromatic N) is 2. The minimum atomic E-state index is -0.172. The van der Waals surface area contributed by atoms with Crippen molar-refractivity contribution >= 4 is 5.97 Å². The van der Waals surface area contributed by atoms with Gasteiger partial charge in [0.2, 0.25) is 0 Å². The Morgan fingerprint density at radius 2 is 2.12 bits per heavy atom. The first-order chi connectivity index (χ1) is 8.08. The lowest BCUT2D eigenvalue weighted by molar-refractivity contribution is -0.148. The Balaban J connectivity index is 2.15. The Kier molecular flexibility index (Phi) is 3.50. The molecule has 17 heavy (non-hydrogen) atoms. The third-order valence-electron chi connectivity index (χ3n) is 3.08. The van der Waals surface area contributed by atoms with Crippen molar-refractivity contribution in [1.29, 1.82) is 0 Å². The molecule has 1 aliphatic rings. The maximum absolute atomic E-state index is 11.7. The minimum absolute atomic E-state index is 0.0536. The predicted molar refractivity (Wildman–Crippen MR) is 64.8 cm³/mol. The van der Waals surface area contributed by atoms with Crippen LogP contribution >= 0.6 is 0 Å². The molecular weight excluding hydrogens is 216 g/mol. The van der Waals surface area contributed by atoms with Crippen molar-refractivity contribution in [2.75, 3.05) is 0 Å². The van der Waals surface area contributed by atoms with Gasteiger partial charge in [-0.25, -0.2) is 4.98 Å². The van der Waals surface area contributed by atoms with Crippen molar-refractivity contribution in [2.24, 2.45) is 0 Å². The number of hydrogen-bond donors (Lipinski definition) is 0. The molecule has 4 nitrogen and oxygen atoms in total. The van der Waals surface area contributed by atoms with E-state index in [9.17, 15) is 4.79 Å². The van der Waals surface area contributed by atoms with Crippen molar-refractivity contribution in [1.82, 2.24) is 9.55 Å². The summed E-state index contributed by atoms with van der Waals surface area (Å²) in [6.45, 7) is 6.00. The van der Waals surface area contributed by atoms with Gasteiger partial charge in [-0.15, -0.1) is 0 Å². The Morgan fingerprint density at radius 3 is 2.82 bits per heavy atom. The van der Waals surface area contributed by atoms with E-state index in [1.165, 1.54) is 24.2 Å². The van der Waals surface area contributed by atoms with Crippen LogP contribution in [-0.2, 0) is 28.9 Å². The molecule has 0 N–H and O–H groups in total. The highest BCUT2D eigenvalue weighted by Crippen LogP contribution is 2.22. The molecule has 0 atom stereocenters. The van der Waals surface area contributed by atoms with E-state index in [0.717, 1.165) is 18.7 Å².